The van der Waals surface area contributed by atoms with Crippen LogP contribution >= 0.6 is 11.3 Å². The molecule has 1 aromatic heterocycles. The van der Waals surface area contributed by atoms with Gasteiger partial charge in [0.25, 0.3) is 0 Å². The minimum Gasteiger partial charge on any atom is -0.379 e. The molecule has 5 N–H and O–H groups in total. The van der Waals surface area contributed by atoms with Gasteiger partial charge in [0.1, 0.15) is 5.69 Å². The fourth-order valence-corrected chi connectivity index (χ4v) is 3.31. The van der Waals surface area contributed by atoms with Gasteiger partial charge in [-0.25, -0.2) is 9.78 Å². The number of rotatable bonds is 15. The largest absolute Gasteiger partial charge is 0.379 e. The lowest BCUT2D eigenvalue weighted by atomic mass is 10.1. The van der Waals surface area contributed by atoms with Crippen molar-refractivity contribution in [2.45, 2.75) is 13.3 Å². The molecule has 0 bridgehead atoms. The second-order valence-electron chi connectivity index (χ2n) is 6.50. The number of carbonyl (C=O) groups is 2. The number of aromatic amines is 1. The van der Waals surface area contributed by atoms with Crippen molar-refractivity contribution in [1.82, 2.24) is 0 Å². The number of carbonyl (C=O) groups excluding carboxylic acids is 2. The van der Waals surface area contributed by atoms with Crippen LogP contribution in [0.5, 0.6) is 0 Å². The molecule has 0 radical (unpaired) electrons. The zero-order chi connectivity index (χ0) is 23.2. The second kappa shape index (κ2) is 14.3. The van der Waals surface area contributed by atoms with Crippen molar-refractivity contribution in [3.63, 3.8) is 0 Å². The molecule has 0 unspecified atom stereocenters. The average molecular weight is 467 g/mol. The lowest BCUT2D eigenvalue weighted by molar-refractivity contribution is -0.363. The number of para-hydroxylation sites is 1. The van der Waals surface area contributed by atoms with Gasteiger partial charge in [0.2, 0.25) is 10.9 Å². The van der Waals surface area contributed by atoms with Gasteiger partial charge in [-0.2, -0.15) is 5.32 Å². The maximum atomic E-state index is 12.6. The number of ether oxygens (including phenoxy) is 3. The van der Waals surface area contributed by atoms with Gasteiger partial charge < -0.3 is 25.3 Å². The maximum absolute atomic E-state index is 12.6. The predicted octanol–water partition coefficient (Wildman–Crippen LogP) is 1.86. The first-order chi connectivity index (χ1) is 15.5. The van der Waals surface area contributed by atoms with E-state index in [1.807, 2.05) is 0 Å². The smallest absolute Gasteiger partial charge is 0.341 e. The molecule has 0 aliphatic carbocycles. The van der Waals surface area contributed by atoms with Crippen molar-refractivity contribution in [2.24, 2.45) is 10.9 Å². The number of aromatic nitrogens is 1. The number of H-pyrrole nitrogens is 1. The highest BCUT2D eigenvalue weighted by Crippen LogP contribution is 2.27. The highest BCUT2D eigenvalue weighted by Gasteiger charge is 2.21. The molecule has 2 rings (SSSR count). The normalized spacial score (nSPS) is 10.7. The Morgan fingerprint density at radius 1 is 1.03 bits per heavy atom. The van der Waals surface area contributed by atoms with Crippen molar-refractivity contribution in [1.29, 1.82) is 0 Å². The van der Waals surface area contributed by atoms with E-state index in [0.717, 1.165) is 11.3 Å². The predicted molar refractivity (Wildman–Crippen MR) is 120 cm³/mol. The summed E-state index contributed by atoms with van der Waals surface area (Å²) >= 11 is 1.03. The molecule has 1 aromatic carbocycles. The van der Waals surface area contributed by atoms with E-state index in [0.29, 0.717) is 56.1 Å². The number of thiazole rings is 1. The van der Waals surface area contributed by atoms with Crippen LogP contribution in [0.1, 0.15) is 22.5 Å². The third-order valence-corrected chi connectivity index (χ3v) is 5.04. The summed E-state index contributed by atoms with van der Waals surface area (Å²) in [6, 6.07) is 6.63. The summed E-state index contributed by atoms with van der Waals surface area (Å²) in [7, 11) is 0. The van der Waals surface area contributed by atoms with Crippen LogP contribution in [0, 0.1) is 11.8 Å². The fourth-order valence-electron chi connectivity index (χ4n) is 2.53. The van der Waals surface area contributed by atoms with Crippen LogP contribution in [-0.4, -0.2) is 58.0 Å². The van der Waals surface area contributed by atoms with Crippen LogP contribution in [0.4, 0.5) is 15.8 Å². The SMILES string of the molecule is Cc1[nH+]c(NC(=O)c2ccccc2NC(=O)CCOCCOCCOCCN)sc1N=O. The van der Waals surface area contributed by atoms with E-state index in [9.17, 15) is 14.5 Å². The Labute approximate surface area is 189 Å². The number of nitroso groups, excluding NO2 is 1. The average Bonchev–Trinajstić information content (AvgIpc) is 3.14. The third kappa shape index (κ3) is 8.77. The molecule has 0 spiro atoms. The summed E-state index contributed by atoms with van der Waals surface area (Å²) in [4.78, 5) is 38.5. The Morgan fingerprint density at radius 3 is 2.34 bits per heavy atom. The maximum Gasteiger partial charge on any atom is 0.341 e. The summed E-state index contributed by atoms with van der Waals surface area (Å²) in [6.07, 6.45) is 0.127. The first-order valence-electron chi connectivity index (χ1n) is 10.0. The van der Waals surface area contributed by atoms with Crippen LogP contribution in [-0.2, 0) is 19.0 Å². The van der Waals surface area contributed by atoms with Gasteiger partial charge in [0, 0.05) is 13.5 Å². The number of amides is 2. The van der Waals surface area contributed by atoms with Crippen LogP contribution in [0.3, 0.4) is 0 Å². The molecule has 0 aliphatic heterocycles. The number of nitrogens with zero attached hydrogens (tertiary/aromatic N) is 1. The van der Waals surface area contributed by atoms with Crippen LogP contribution in [0.2, 0.25) is 0 Å². The molecule has 2 aromatic rings. The van der Waals surface area contributed by atoms with E-state index < -0.39 is 5.91 Å². The molecule has 174 valence electrons. The lowest BCUT2D eigenvalue weighted by Gasteiger charge is -2.09. The Kier molecular flexibility index (Phi) is 11.4. The molecule has 0 fully saturated rings. The summed E-state index contributed by atoms with van der Waals surface area (Å²) in [5.74, 6) is -0.716. The van der Waals surface area contributed by atoms with E-state index in [4.69, 9.17) is 19.9 Å². The van der Waals surface area contributed by atoms with E-state index >= 15 is 0 Å². The monoisotopic (exact) mass is 466 g/mol. The molecular weight excluding hydrogens is 438 g/mol. The van der Waals surface area contributed by atoms with Crippen LogP contribution in [0.15, 0.2) is 29.4 Å². The molecule has 11 nitrogen and oxygen atoms in total. The highest BCUT2D eigenvalue weighted by molar-refractivity contribution is 7.19. The molecule has 32 heavy (non-hydrogen) atoms. The number of aryl methyl sites for hydroxylation is 1. The van der Waals surface area contributed by atoms with Crippen molar-refractivity contribution >= 4 is 39.0 Å². The van der Waals surface area contributed by atoms with Crippen molar-refractivity contribution < 1.29 is 28.8 Å². The molecule has 2 amide bonds. The topological polar surface area (TPSA) is 155 Å². The van der Waals surface area contributed by atoms with Gasteiger partial charge in [-0.3, -0.25) is 4.79 Å². The standard InChI is InChI=1S/C20H27N5O6S/c1-14-19(25-28)32-20(22-14)24-18(27)15-4-2-3-5-16(15)23-17(26)6-8-29-10-12-31-13-11-30-9-7-21/h2-5H,6-13,21H2,1H3,(H,23,26)(H,22,24,27)/p+1. The zero-order valence-corrected chi connectivity index (χ0v) is 18.7. The Morgan fingerprint density at radius 2 is 1.69 bits per heavy atom. The van der Waals surface area contributed by atoms with E-state index in [-0.39, 0.29) is 29.5 Å². The number of benzene rings is 1. The van der Waals surface area contributed by atoms with Crippen molar-refractivity contribution in [3.8, 4) is 0 Å². The Bertz CT molecular complexity index is 891. The summed E-state index contributed by atoms with van der Waals surface area (Å²) in [5.41, 5.74) is 6.53. The quantitative estimate of drug-likeness (QED) is 0.267. The number of hydrogen-bond acceptors (Lipinski definition) is 9. The molecule has 12 heteroatoms. The summed E-state index contributed by atoms with van der Waals surface area (Å²) in [5, 5.41) is 8.93. The van der Waals surface area contributed by atoms with Gasteiger partial charge >= 0.3 is 11.0 Å². The van der Waals surface area contributed by atoms with Gasteiger partial charge in [-0.15, -0.1) is 4.91 Å². The Hall–Kier alpha value is -2.77. The lowest BCUT2D eigenvalue weighted by Crippen LogP contribution is -2.21. The van der Waals surface area contributed by atoms with Crippen molar-refractivity contribution in [2.75, 3.05) is 56.8 Å². The third-order valence-electron chi connectivity index (χ3n) is 4.06. The number of nitrogens with two attached hydrogens (primary N) is 1. The highest BCUT2D eigenvalue weighted by atomic mass is 32.1. The molecular formula is C20H28N5O6S+. The Balaban J connectivity index is 1.74. The first kappa shape index (κ1) is 25.5. The first-order valence-corrected chi connectivity index (χ1v) is 10.9. The number of hydrogen-bond donors (Lipinski definition) is 3. The van der Waals surface area contributed by atoms with E-state index in [1.165, 1.54) is 0 Å². The van der Waals surface area contributed by atoms with Crippen molar-refractivity contribution in [3.05, 3.63) is 40.4 Å². The summed E-state index contributed by atoms with van der Waals surface area (Å²) < 4.78 is 15.9. The summed E-state index contributed by atoms with van der Waals surface area (Å²) in [6.45, 7) is 4.58. The van der Waals surface area contributed by atoms with Crippen LogP contribution < -0.4 is 21.4 Å². The second-order valence-corrected chi connectivity index (χ2v) is 7.50. The molecule has 0 aliphatic rings. The van der Waals surface area contributed by atoms with E-state index in [2.05, 4.69) is 20.8 Å². The molecule has 1 heterocycles. The van der Waals surface area contributed by atoms with Gasteiger partial charge in [0.15, 0.2) is 0 Å². The molecule has 0 atom stereocenters. The zero-order valence-electron chi connectivity index (χ0n) is 17.8. The molecule has 0 saturated heterocycles. The van der Waals surface area contributed by atoms with Gasteiger partial charge in [-0.05, 0) is 28.6 Å². The van der Waals surface area contributed by atoms with Gasteiger partial charge in [-0.1, -0.05) is 12.1 Å². The fraction of sp³-hybridized carbons (Fsp3) is 0.450. The minimum absolute atomic E-state index is 0.127. The van der Waals surface area contributed by atoms with E-state index in [1.54, 1.807) is 31.2 Å². The minimum atomic E-state index is -0.431. The van der Waals surface area contributed by atoms with Gasteiger partial charge in [0.05, 0.1) is 57.3 Å². The van der Waals surface area contributed by atoms with Crippen LogP contribution in [0.25, 0.3) is 0 Å². The molecule has 0 saturated carbocycles. The number of nitrogens with one attached hydrogen (secondary N) is 3. The number of anilines is 2.